The van der Waals surface area contributed by atoms with E-state index in [9.17, 15) is 0 Å². The van der Waals surface area contributed by atoms with Crippen molar-refractivity contribution in [1.29, 1.82) is 0 Å². The predicted molar refractivity (Wildman–Crippen MR) is 141 cm³/mol. The summed E-state index contributed by atoms with van der Waals surface area (Å²) in [5, 5.41) is 2.70. The zero-order chi connectivity index (χ0) is 23.9. The Morgan fingerprint density at radius 2 is 1.12 bits per heavy atom. The number of aromatic nitrogens is 2. The van der Waals surface area contributed by atoms with Gasteiger partial charge in [-0.15, -0.1) is 0 Å². The van der Waals surface area contributed by atoms with Crippen LogP contribution in [0.3, 0.4) is 0 Å². The second-order valence-corrected chi connectivity index (χ2v) is 9.78. The van der Waals surface area contributed by atoms with Crippen LogP contribution in [0, 0.1) is 55.4 Å². The molecule has 0 saturated heterocycles. The van der Waals surface area contributed by atoms with Gasteiger partial charge in [0.25, 0.3) is 0 Å². The zero-order valence-electron chi connectivity index (χ0n) is 21.5. The molecule has 1 aromatic heterocycles. The van der Waals surface area contributed by atoms with Crippen molar-refractivity contribution < 1.29 is 0 Å². The topological polar surface area (TPSA) is 25.8 Å². The van der Waals surface area contributed by atoms with Crippen molar-refractivity contribution in [2.24, 2.45) is 0 Å². The number of fused-ring (bicyclic) bond motifs is 1. The van der Waals surface area contributed by atoms with Crippen LogP contribution >= 0.6 is 0 Å². The lowest BCUT2D eigenvalue weighted by atomic mass is 9.93. The fourth-order valence-electron chi connectivity index (χ4n) is 4.88. The molecule has 33 heavy (non-hydrogen) atoms. The molecule has 0 bridgehead atoms. The van der Waals surface area contributed by atoms with Crippen LogP contribution < -0.4 is 0 Å². The number of hydrogen-bond acceptors (Lipinski definition) is 2. The van der Waals surface area contributed by atoms with Gasteiger partial charge in [0.1, 0.15) is 0 Å². The summed E-state index contributed by atoms with van der Waals surface area (Å²) in [6.07, 6.45) is 2.76. The van der Waals surface area contributed by atoms with Gasteiger partial charge in [-0.2, -0.15) is 0 Å². The lowest BCUT2D eigenvalue weighted by molar-refractivity contribution is 0.834. The van der Waals surface area contributed by atoms with E-state index in [0.29, 0.717) is 0 Å². The SMILES string of the molecule is Cc1cc(C)c(CCc2nc(C)c(Cc3ccc4c(C)c(C)ccc4c3C)nc2C)cc1C. The van der Waals surface area contributed by atoms with Gasteiger partial charge >= 0.3 is 0 Å². The first-order valence-corrected chi connectivity index (χ1v) is 12.0. The lowest BCUT2D eigenvalue weighted by Crippen LogP contribution is -2.08. The first-order chi connectivity index (χ1) is 15.7. The van der Waals surface area contributed by atoms with E-state index < -0.39 is 0 Å². The lowest BCUT2D eigenvalue weighted by Gasteiger charge is -2.15. The molecule has 2 heteroatoms. The van der Waals surface area contributed by atoms with Gasteiger partial charge in [-0.05, 0) is 124 Å². The van der Waals surface area contributed by atoms with Gasteiger partial charge in [-0.25, -0.2) is 0 Å². The normalized spacial score (nSPS) is 11.4. The summed E-state index contributed by atoms with van der Waals surface area (Å²) in [5.41, 5.74) is 15.2. The van der Waals surface area contributed by atoms with Crippen LogP contribution in [0.2, 0.25) is 0 Å². The van der Waals surface area contributed by atoms with Gasteiger partial charge in [0.15, 0.2) is 0 Å². The molecule has 0 amide bonds. The van der Waals surface area contributed by atoms with Crippen LogP contribution in [0.4, 0.5) is 0 Å². The Hall–Kier alpha value is -3.00. The van der Waals surface area contributed by atoms with Crippen molar-refractivity contribution in [1.82, 2.24) is 9.97 Å². The summed E-state index contributed by atoms with van der Waals surface area (Å²) in [4.78, 5) is 10.0. The van der Waals surface area contributed by atoms with E-state index in [-0.39, 0.29) is 0 Å². The Morgan fingerprint density at radius 3 is 1.88 bits per heavy atom. The molecular formula is C31H36N2. The Labute approximate surface area is 199 Å². The first-order valence-electron chi connectivity index (χ1n) is 12.0. The van der Waals surface area contributed by atoms with Gasteiger partial charge in [0.05, 0.1) is 22.8 Å². The van der Waals surface area contributed by atoms with Crippen LogP contribution in [0.5, 0.6) is 0 Å². The van der Waals surface area contributed by atoms with E-state index in [1.807, 2.05) is 0 Å². The van der Waals surface area contributed by atoms with E-state index in [0.717, 1.165) is 42.0 Å². The van der Waals surface area contributed by atoms with Gasteiger partial charge in [0, 0.05) is 6.42 Å². The summed E-state index contributed by atoms with van der Waals surface area (Å²) >= 11 is 0. The molecule has 4 aromatic rings. The van der Waals surface area contributed by atoms with Crippen LogP contribution in [0.1, 0.15) is 67.3 Å². The largest absolute Gasteiger partial charge is 0.254 e. The van der Waals surface area contributed by atoms with E-state index in [2.05, 4.69) is 91.8 Å². The molecule has 4 rings (SSSR count). The molecule has 0 N–H and O–H groups in total. The Balaban J connectivity index is 1.58. The fraction of sp³-hybridized carbons (Fsp3) is 0.355. The zero-order valence-corrected chi connectivity index (χ0v) is 21.5. The molecule has 2 nitrogen and oxygen atoms in total. The van der Waals surface area contributed by atoms with Gasteiger partial charge in [-0.1, -0.05) is 36.4 Å². The highest BCUT2D eigenvalue weighted by Crippen LogP contribution is 2.28. The summed E-state index contributed by atoms with van der Waals surface area (Å²) in [6.45, 7) is 17.4. The summed E-state index contributed by atoms with van der Waals surface area (Å²) in [5.74, 6) is 0. The molecule has 0 atom stereocenters. The second-order valence-electron chi connectivity index (χ2n) is 9.78. The second kappa shape index (κ2) is 9.09. The maximum absolute atomic E-state index is 5.02. The number of benzene rings is 3. The molecule has 0 fully saturated rings. The van der Waals surface area contributed by atoms with Gasteiger partial charge in [0.2, 0.25) is 0 Å². The molecule has 0 aliphatic rings. The summed E-state index contributed by atoms with van der Waals surface area (Å²) in [7, 11) is 0. The molecule has 170 valence electrons. The minimum atomic E-state index is 0.824. The maximum atomic E-state index is 5.02. The van der Waals surface area contributed by atoms with Crippen molar-refractivity contribution in [2.45, 2.75) is 74.7 Å². The number of aryl methyl sites for hydroxylation is 10. The van der Waals surface area contributed by atoms with E-state index in [1.54, 1.807) is 0 Å². The van der Waals surface area contributed by atoms with Gasteiger partial charge < -0.3 is 0 Å². The van der Waals surface area contributed by atoms with E-state index >= 15 is 0 Å². The van der Waals surface area contributed by atoms with Crippen molar-refractivity contribution in [3.63, 3.8) is 0 Å². The first kappa shape index (κ1) is 23.2. The number of rotatable bonds is 5. The molecule has 0 spiro atoms. The highest BCUT2D eigenvalue weighted by molar-refractivity contribution is 5.90. The Morgan fingerprint density at radius 1 is 0.515 bits per heavy atom. The average molecular weight is 437 g/mol. The van der Waals surface area contributed by atoms with E-state index in [1.165, 1.54) is 55.3 Å². The third-order valence-corrected chi connectivity index (χ3v) is 7.50. The Bertz CT molecular complexity index is 1360. The molecule has 0 aliphatic heterocycles. The van der Waals surface area contributed by atoms with Crippen LogP contribution in [-0.4, -0.2) is 9.97 Å². The smallest absolute Gasteiger partial charge is 0.0663 e. The summed E-state index contributed by atoms with van der Waals surface area (Å²) in [6, 6.07) is 13.7. The molecule has 0 unspecified atom stereocenters. The van der Waals surface area contributed by atoms with Gasteiger partial charge in [-0.3, -0.25) is 9.97 Å². The fourth-order valence-corrected chi connectivity index (χ4v) is 4.88. The highest BCUT2D eigenvalue weighted by atomic mass is 14.8. The maximum Gasteiger partial charge on any atom is 0.0663 e. The molecule has 1 heterocycles. The summed E-state index contributed by atoms with van der Waals surface area (Å²) < 4.78 is 0. The quantitative estimate of drug-likeness (QED) is 0.324. The molecule has 0 aliphatic carbocycles. The van der Waals surface area contributed by atoms with Crippen molar-refractivity contribution in [3.05, 3.63) is 104 Å². The third-order valence-electron chi connectivity index (χ3n) is 7.50. The highest BCUT2D eigenvalue weighted by Gasteiger charge is 2.13. The molecular weight excluding hydrogens is 400 g/mol. The predicted octanol–water partition coefficient (Wildman–Crippen LogP) is 7.47. The standard InChI is InChI=1S/C31H36N2/c1-18-9-12-29-23(6)27(10-13-28(29)22(18)5)17-31-25(8)32-30(24(7)33-31)14-11-26-16-20(3)19(2)15-21(26)4/h9-10,12-13,15-16H,11,14,17H2,1-8H3. The minimum Gasteiger partial charge on any atom is -0.254 e. The van der Waals surface area contributed by atoms with Crippen molar-refractivity contribution in [2.75, 3.05) is 0 Å². The van der Waals surface area contributed by atoms with Crippen LogP contribution in [-0.2, 0) is 19.3 Å². The van der Waals surface area contributed by atoms with Crippen LogP contribution in [0.25, 0.3) is 10.8 Å². The Kier molecular flexibility index (Phi) is 6.38. The number of hydrogen-bond donors (Lipinski definition) is 0. The monoisotopic (exact) mass is 436 g/mol. The minimum absolute atomic E-state index is 0.824. The number of nitrogens with zero attached hydrogens (tertiary/aromatic N) is 2. The molecule has 0 radical (unpaired) electrons. The van der Waals surface area contributed by atoms with Crippen molar-refractivity contribution >= 4 is 10.8 Å². The van der Waals surface area contributed by atoms with Crippen molar-refractivity contribution in [3.8, 4) is 0 Å². The average Bonchev–Trinajstić information content (AvgIpc) is 2.77. The van der Waals surface area contributed by atoms with E-state index in [4.69, 9.17) is 9.97 Å². The molecule has 3 aromatic carbocycles. The third kappa shape index (κ3) is 4.57. The molecule has 0 saturated carbocycles. The van der Waals surface area contributed by atoms with Crippen LogP contribution in [0.15, 0.2) is 36.4 Å².